The van der Waals surface area contributed by atoms with Crippen molar-refractivity contribution in [1.29, 1.82) is 0 Å². The van der Waals surface area contributed by atoms with Crippen molar-refractivity contribution in [3.8, 4) is 11.4 Å². The molecule has 1 aromatic heterocycles. The molecule has 1 unspecified atom stereocenters. The molecule has 2 N–H and O–H groups in total. The highest BCUT2D eigenvalue weighted by atomic mass is 16.6. The van der Waals surface area contributed by atoms with E-state index in [1.54, 1.807) is 24.3 Å². The average Bonchev–Trinajstić information content (AvgIpc) is 3.08. The summed E-state index contributed by atoms with van der Waals surface area (Å²) in [4.78, 5) is 29.1. The average molecular weight is 289 g/mol. The third-order valence-electron chi connectivity index (χ3n) is 3.07. The van der Waals surface area contributed by atoms with E-state index in [2.05, 4.69) is 19.8 Å². The van der Waals surface area contributed by atoms with E-state index in [4.69, 9.17) is 9.94 Å². The van der Waals surface area contributed by atoms with Crippen LogP contribution in [0.4, 0.5) is 0 Å². The van der Waals surface area contributed by atoms with Crippen molar-refractivity contribution in [2.45, 2.75) is 18.9 Å². The molecule has 2 aromatic rings. The zero-order chi connectivity index (χ0) is 14.8. The first-order valence-corrected chi connectivity index (χ1v) is 6.23. The highest BCUT2D eigenvalue weighted by Gasteiger charge is 2.24. The van der Waals surface area contributed by atoms with Crippen LogP contribution < -0.4 is 5.76 Å². The predicted molar refractivity (Wildman–Crippen MR) is 70.8 cm³/mol. The van der Waals surface area contributed by atoms with Gasteiger partial charge in [0.1, 0.15) is 6.10 Å². The summed E-state index contributed by atoms with van der Waals surface area (Å²) in [5.41, 5.74) is 2.23. The number of nitrogens with one attached hydrogen (secondary N) is 1. The zero-order valence-corrected chi connectivity index (χ0v) is 10.8. The van der Waals surface area contributed by atoms with Gasteiger partial charge in [-0.25, -0.2) is 4.79 Å². The van der Waals surface area contributed by atoms with E-state index >= 15 is 0 Å². The Morgan fingerprint density at radius 3 is 2.67 bits per heavy atom. The maximum Gasteiger partial charge on any atom is 0.439 e. The van der Waals surface area contributed by atoms with Gasteiger partial charge in [-0.15, -0.1) is 0 Å². The van der Waals surface area contributed by atoms with Gasteiger partial charge in [-0.05, 0) is 5.56 Å². The largest absolute Gasteiger partial charge is 0.481 e. The van der Waals surface area contributed by atoms with Crippen molar-refractivity contribution in [2.24, 2.45) is 5.16 Å². The lowest BCUT2D eigenvalue weighted by Gasteiger charge is -2.03. The molecule has 0 amide bonds. The van der Waals surface area contributed by atoms with Gasteiger partial charge in [0.25, 0.3) is 0 Å². The minimum absolute atomic E-state index is 0.0781. The molecule has 0 bridgehead atoms. The number of aliphatic carboxylic acids is 1. The SMILES string of the molecule is O=C(O)CC1CC(c2ccc(-c3noc(=O)[nH]3)cc2)=NO1. The third-order valence-corrected chi connectivity index (χ3v) is 3.07. The number of hydrogen-bond acceptors (Lipinski definition) is 6. The van der Waals surface area contributed by atoms with Crippen molar-refractivity contribution >= 4 is 11.7 Å². The predicted octanol–water partition coefficient (Wildman–Crippen LogP) is 0.998. The molecule has 8 nitrogen and oxygen atoms in total. The summed E-state index contributed by atoms with van der Waals surface area (Å²) >= 11 is 0. The van der Waals surface area contributed by atoms with Crippen LogP contribution in [0.1, 0.15) is 18.4 Å². The number of benzene rings is 1. The molecule has 1 aliphatic heterocycles. The van der Waals surface area contributed by atoms with Gasteiger partial charge in [0.2, 0.25) is 0 Å². The summed E-state index contributed by atoms with van der Waals surface area (Å²) in [6.07, 6.45) is -0.0541. The number of carboxylic acids is 1. The number of oxime groups is 1. The van der Waals surface area contributed by atoms with Gasteiger partial charge < -0.3 is 9.94 Å². The van der Waals surface area contributed by atoms with Gasteiger partial charge >= 0.3 is 11.7 Å². The molecule has 0 radical (unpaired) electrons. The van der Waals surface area contributed by atoms with E-state index < -0.39 is 17.8 Å². The quantitative estimate of drug-likeness (QED) is 0.866. The number of nitrogens with zero attached hydrogens (tertiary/aromatic N) is 2. The summed E-state index contributed by atoms with van der Waals surface area (Å²) in [6, 6.07) is 7.12. The van der Waals surface area contributed by atoms with E-state index in [1.807, 2.05) is 0 Å². The molecule has 0 spiro atoms. The van der Waals surface area contributed by atoms with Crippen molar-refractivity contribution in [3.05, 3.63) is 40.4 Å². The normalized spacial score (nSPS) is 17.3. The Morgan fingerprint density at radius 1 is 1.33 bits per heavy atom. The van der Waals surface area contributed by atoms with Crippen LogP contribution in [0, 0.1) is 0 Å². The first kappa shape index (κ1) is 13.1. The summed E-state index contributed by atoms with van der Waals surface area (Å²) in [5, 5.41) is 16.2. The van der Waals surface area contributed by atoms with Crippen molar-refractivity contribution in [1.82, 2.24) is 10.1 Å². The van der Waals surface area contributed by atoms with Crippen LogP contribution in [-0.4, -0.2) is 33.0 Å². The third kappa shape index (κ3) is 2.83. The molecule has 0 aliphatic carbocycles. The number of rotatable bonds is 4. The van der Waals surface area contributed by atoms with Gasteiger partial charge in [0.15, 0.2) is 5.82 Å². The lowest BCUT2D eigenvalue weighted by Crippen LogP contribution is -2.13. The molecule has 1 aromatic carbocycles. The highest BCUT2D eigenvalue weighted by Crippen LogP contribution is 2.21. The lowest BCUT2D eigenvalue weighted by atomic mass is 10.0. The van der Waals surface area contributed by atoms with E-state index in [-0.39, 0.29) is 6.42 Å². The summed E-state index contributed by atoms with van der Waals surface area (Å²) in [7, 11) is 0. The fraction of sp³-hybridized carbons (Fsp3) is 0.231. The molecule has 2 heterocycles. The Labute approximate surface area is 118 Å². The number of aromatic amines is 1. The zero-order valence-electron chi connectivity index (χ0n) is 10.8. The van der Waals surface area contributed by atoms with Gasteiger partial charge in [0, 0.05) is 12.0 Å². The standard InChI is InChI=1S/C13H11N3O5/c17-11(18)6-9-5-10(15-20-9)7-1-3-8(4-2-7)12-14-13(19)21-16-12/h1-4,9H,5-6H2,(H,17,18)(H,14,16,19). The maximum atomic E-state index is 10.9. The molecule has 21 heavy (non-hydrogen) atoms. The Kier molecular flexibility index (Phi) is 3.27. The Balaban J connectivity index is 1.73. The van der Waals surface area contributed by atoms with E-state index in [9.17, 15) is 9.59 Å². The van der Waals surface area contributed by atoms with Gasteiger partial charge in [-0.1, -0.05) is 34.6 Å². The molecule has 1 atom stereocenters. The van der Waals surface area contributed by atoms with E-state index in [0.717, 1.165) is 5.56 Å². The summed E-state index contributed by atoms with van der Waals surface area (Å²) < 4.78 is 4.44. The molecule has 108 valence electrons. The molecular weight excluding hydrogens is 278 g/mol. The van der Waals surface area contributed by atoms with Crippen molar-refractivity contribution < 1.29 is 19.3 Å². The second kappa shape index (κ2) is 5.23. The monoisotopic (exact) mass is 289 g/mol. The molecule has 0 saturated carbocycles. The van der Waals surface area contributed by atoms with Gasteiger partial charge in [-0.2, -0.15) is 0 Å². The topological polar surface area (TPSA) is 118 Å². The molecule has 0 saturated heterocycles. The second-order valence-corrected chi connectivity index (χ2v) is 4.59. The fourth-order valence-electron chi connectivity index (χ4n) is 2.08. The summed E-state index contributed by atoms with van der Waals surface area (Å²) in [5.74, 6) is -1.18. The molecular formula is C13H11N3O5. The Morgan fingerprint density at radius 2 is 2.05 bits per heavy atom. The highest BCUT2D eigenvalue weighted by molar-refractivity contribution is 6.01. The molecule has 0 fully saturated rings. The van der Waals surface area contributed by atoms with Crippen LogP contribution in [0.5, 0.6) is 0 Å². The van der Waals surface area contributed by atoms with Crippen molar-refractivity contribution in [2.75, 3.05) is 0 Å². The number of carbonyl (C=O) groups is 1. The minimum Gasteiger partial charge on any atom is -0.481 e. The Bertz CT molecular complexity index is 744. The number of H-pyrrole nitrogens is 1. The maximum absolute atomic E-state index is 10.9. The summed E-state index contributed by atoms with van der Waals surface area (Å²) in [6.45, 7) is 0. The van der Waals surface area contributed by atoms with Crippen LogP contribution in [-0.2, 0) is 9.63 Å². The smallest absolute Gasteiger partial charge is 0.439 e. The lowest BCUT2D eigenvalue weighted by molar-refractivity contribution is -0.139. The minimum atomic E-state index is -0.915. The first-order chi connectivity index (χ1) is 10.1. The van der Waals surface area contributed by atoms with Gasteiger partial charge in [0.05, 0.1) is 12.1 Å². The van der Waals surface area contributed by atoms with E-state index in [0.29, 0.717) is 23.5 Å². The number of aromatic nitrogens is 2. The van der Waals surface area contributed by atoms with Crippen LogP contribution in [0.2, 0.25) is 0 Å². The first-order valence-electron chi connectivity index (χ1n) is 6.23. The van der Waals surface area contributed by atoms with Gasteiger partial charge in [-0.3, -0.25) is 14.3 Å². The van der Waals surface area contributed by atoms with Crippen LogP contribution >= 0.6 is 0 Å². The van der Waals surface area contributed by atoms with Crippen LogP contribution in [0.3, 0.4) is 0 Å². The second-order valence-electron chi connectivity index (χ2n) is 4.59. The molecule has 3 rings (SSSR count). The van der Waals surface area contributed by atoms with Crippen LogP contribution in [0.15, 0.2) is 38.7 Å². The number of hydrogen-bond donors (Lipinski definition) is 2. The Hall–Kier alpha value is -2.90. The number of carboxylic acid groups (broad SMARTS) is 1. The van der Waals surface area contributed by atoms with Crippen molar-refractivity contribution in [3.63, 3.8) is 0 Å². The van der Waals surface area contributed by atoms with Crippen LogP contribution in [0.25, 0.3) is 11.4 Å². The molecule has 1 aliphatic rings. The fourth-order valence-corrected chi connectivity index (χ4v) is 2.08. The molecule has 8 heteroatoms. The van der Waals surface area contributed by atoms with E-state index in [1.165, 1.54) is 0 Å².